The first kappa shape index (κ1) is 32.1. The van der Waals surface area contributed by atoms with E-state index in [4.69, 9.17) is 10.2 Å². The van der Waals surface area contributed by atoms with Crippen LogP contribution in [0.5, 0.6) is 0 Å². The van der Waals surface area contributed by atoms with Gasteiger partial charge in [0.1, 0.15) is 5.82 Å². The van der Waals surface area contributed by atoms with Gasteiger partial charge in [0.25, 0.3) is 0 Å². The normalized spacial score (nSPS) is 16.9. The van der Waals surface area contributed by atoms with Crippen LogP contribution in [0.25, 0.3) is 16.9 Å². The van der Waals surface area contributed by atoms with Crippen molar-refractivity contribution in [3.8, 4) is 16.9 Å². The predicted molar refractivity (Wildman–Crippen MR) is 175 cm³/mol. The second-order valence-corrected chi connectivity index (χ2v) is 27.4. The smallest absolute Gasteiger partial charge is 0.123 e. The van der Waals surface area contributed by atoms with Crippen LogP contribution in [0.15, 0.2) is 59.5 Å². The van der Waals surface area contributed by atoms with Gasteiger partial charge in [0.05, 0.1) is 22.0 Å². The standard InChI is InChI=1S/C30H43FN5O2S3.Ga/c31-26-11-9-25(10-12-26)30-24-27(34-36(30)28-13-15-29(16-14-28)41(32,37)38)8-6-4-2-1-3-5-7-19-35(21-23-40)20-17-33-18-22-39;/h9-16,24,39-40H,1-8,17-23H2,(H2,32,37,38);/q-1;+3/p-2. The summed E-state index contributed by atoms with van der Waals surface area (Å²) >= 11 is -1.19. The third kappa shape index (κ3) is 9.13. The van der Waals surface area contributed by atoms with Gasteiger partial charge in [-0.2, -0.15) is 5.10 Å². The van der Waals surface area contributed by atoms with Crippen molar-refractivity contribution in [3.05, 3.63) is 66.1 Å². The van der Waals surface area contributed by atoms with E-state index < -0.39 is 24.0 Å². The van der Waals surface area contributed by atoms with Gasteiger partial charge < -0.3 is 0 Å². The maximum absolute atomic E-state index is 13.6. The summed E-state index contributed by atoms with van der Waals surface area (Å²) in [7, 11) is 0.847. The molecule has 2 aromatic carbocycles. The molecule has 5 rings (SSSR count). The first-order valence-corrected chi connectivity index (χ1v) is 25.7. The Hall–Kier alpha value is -1.25. The first-order valence-electron chi connectivity index (χ1n) is 15.0. The summed E-state index contributed by atoms with van der Waals surface area (Å²) in [5.74, 6) is 2.42. The van der Waals surface area contributed by atoms with Gasteiger partial charge in [-0.25, -0.2) is 22.6 Å². The SMILES string of the molecule is NS(=O)(=O)c1ccc(-n2nc(CCCCCCCCCN3CC[S][Ga]4[S]CC[N]4CC3)cc2-c2ccc(F)cc2)cc1. The van der Waals surface area contributed by atoms with Crippen LogP contribution in [-0.4, -0.2) is 84.9 Å². The molecule has 2 fully saturated rings. The van der Waals surface area contributed by atoms with Crippen LogP contribution in [0, 0.1) is 5.82 Å². The Labute approximate surface area is 261 Å². The number of nitrogens with two attached hydrogens (primary N) is 1. The molecule has 0 aliphatic carbocycles. The minimum Gasteiger partial charge on any atom is -0.207 e. The van der Waals surface area contributed by atoms with Crippen LogP contribution in [0.3, 0.4) is 0 Å². The van der Waals surface area contributed by atoms with Crippen molar-refractivity contribution in [2.75, 3.05) is 44.2 Å². The van der Waals surface area contributed by atoms with Gasteiger partial charge in [0, 0.05) is 5.56 Å². The summed E-state index contributed by atoms with van der Waals surface area (Å²) in [6.07, 6.45) is 9.56. The molecule has 7 nitrogen and oxygen atoms in total. The van der Waals surface area contributed by atoms with Crippen molar-refractivity contribution in [1.82, 2.24) is 18.3 Å². The number of aryl methyl sites for hydroxylation is 1. The van der Waals surface area contributed by atoms with Crippen LogP contribution in [0.2, 0.25) is 0 Å². The third-order valence-corrected chi connectivity index (χ3v) is 26.6. The number of nitrogens with zero attached hydrogens (tertiary/aromatic N) is 4. The Morgan fingerprint density at radius 3 is 2.21 bits per heavy atom. The van der Waals surface area contributed by atoms with E-state index in [2.05, 4.69) is 34.0 Å². The number of hydrogen-bond donors (Lipinski definition) is 1. The van der Waals surface area contributed by atoms with Gasteiger partial charge in [-0.15, -0.1) is 0 Å². The van der Waals surface area contributed by atoms with E-state index in [1.54, 1.807) is 28.9 Å². The molecule has 2 aliphatic rings. The Morgan fingerprint density at radius 1 is 0.833 bits per heavy atom. The number of fused-ring (bicyclic) bond motifs is 1. The molecule has 1 aromatic heterocycles. The molecule has 0 unspecified atom stereocenters. The van der Waals surface area contributed by atoms with Crippen LogP contribution in [0.1, 0.15) is 50.6 Å². The zero-order valence-corrected chi connectivity index (χ0v) is 29.0. The number of primary sulfonamides is 1. The van der Waals surface area contributed by atoms with Crippen molar-refractivity contribution in [1.29, 1.82) is 0 Å². The van der Waals surface area contributed by atoms with E-state index >= 15 is 0 Å². The topological polar surface area (TPSA) is 84.5 Å². The van der Waals surface area contributed by atoms with Gasteiger partial charge in [-0.3, -0.25) is 0 Å². The minimum absolute atomic E-state index is 0.0553. The molecule has 3 heterocycles. The molecule has 12 heteroatoms. The molecular weight excluding hydrogens is 647 g/mol. The second kappa shape index (κ2) is 15.7. The van der Waals surface area contributed by atoms with E-state index in [0.29, 0.717) is 0 Å². The van der Waals surface area contributed by atoms with E-state index in [1.807, 2.05) is 0 Å². The van der Waals surface area contributed by atoms with Crippen molar-refractivity contribution in [2.24, 2.45) is 5.14 Å². The van der Waals surface area contributed by atoms with E-state index in [-0.39, 0.29) is 10.7 Å². The van der Waals surface area contributed by atoms with Crippen molar-refractivity contribution in [2.45, 2.75) is 56.3 Å². The molecule has 2 N–H and O–H groups in total. The fourth-order valence-electron chi connectivity index (χ4n) is 5.62. The number of rotatable bonds is 13. The Balaban J connectivity index is 1.05. The quantitative estimate of drug-likeness (QED) is 0.183. The minimum atomic E-state index is -3.77. The average molecular weight is 689 g/mol. The summed E-state index contributed by atoms with van der Waals surface area (Å²) in [5, 5.41) is 10.1. The van der Waals surface area contributed by atoms with Crippen LogP contribution in [-0.2, 0) is 16.4 Å². The molecular formula is C30H41FGaN5O2S3. The number of sulfonamides is 1. The molecule has 0 atom stereocenters. The average Bonchev–Trinajstić information content (AvgIpc) is 3.60. The van der Waals surface area contributed by atoms with Crippen LogP contribution < -0.4 is 5.14 Å². The Morgan fingerprint density at radius 2 is 1.50 bits per heavy atom. The molecule has 2 saturated heterocycles. The number of aromatic nitrogens is 2. The molecule has 0 radical (unpaired) electrons. The summed E-state index contributed by atoms with van der Waals surface area (Å²) < 4.78 is 41.6. The van der Waals surface area contributed by atoms with Gasteiger partial charge >= 0.3 is 131 Å². The molecule has 3 aromatic rings. The number of hydrogen-bond acceptors (Lipinski definition) is 7. The van der Waals surface area contributed by atoms with Crippen molar-refractivity contribution < 1.29 is 12.8 Å². The van der Waals surface area contributed by atoms with Crippen LogP contribution in [0.4, 0.5) is 4.39 Å². The Bertz CT molecular complexity index is 1390. The van der Waals surface area contributed by atoms with Gasteiger partial charge in [0.15, 0.2) is 0 Å². The van der Waals surface area contributed by atoms with Crippen LogP contribution >= 0.6 is 19.4 Å². The molecule has 2 aliphatic heterocycles. The van der Waals surface area contributed by atoms with E-state index in [9.17, 15) is 12.8 Å². The van der Waals surface area contributed by atoms with E-state index in [1.165, 1.54) is 107 Å². The third-order valence-electron chi connectivity index (χ3n) is 8.03. The maximum atomic E-state index is 13.6. The molecule has 0 bridgehead atoms. The largest absolute Gasteiger partial charge is 0.207 e. The van der Waals surface area contributed by atoms with Gasteiger partial charge in [0.2, 0.25) is 10.0 Å². The number of benzene rings is 2. The van der Waals surface area contributed by atoms with E-state index in [0.717, 1.165) is 35.5 Å². The maximum Gasteiger partial charge on any atom is 0.123 e. The zero-order valence-electron chi connectivity index (χ0n) is 24.2. The molecule has 42 heavy (non-hydrogen) atoms. The summed E-state index contributed by atoms with van der Waals surface area (Å²) in [6.45, 7) is 6.44. The second-order valence-electron chi connectivity index (χ2n) is 11.1. The zero-order chi connectivity index (χ0) is 29.4. The fraction of sp³-hybridized carbons (Fsp3) is 0.500. The number of halogens is 1. The number of unbranched alkanes of at least 4 members (excludes halogenated alkanes) is 6. The molecule has 0 saturated carbocycles. The predicted octanol–water partition coefficient (Wildman–Crippen LogP) is 5.68. The van der Waals surface area contributed by atoms with Crippen molar-refractivity contribution in [3.63, 3.8) is 0 Å². The van der Waals surface area contributed by atoms with Crippen molar-refractivity contribution >= 4 is 43.4 Å². The van der Waals surface area contributed by atoms with Gasteiger partial charge in [-0.1, -0.05) is 0 Å². The monoisotopic (exact) mass is 687 g/mol. The fourth-order valence-corrected chi connectivity index (χ4v) is 23.4. The van der Waals surface area contributed by atoms with Gasteiger partial charge in [-0.05, 0) is 61.0 Å². The molecule has 0 amide bonds. The summed E-state index contributed by atoms with van der Waals surface area (Å²) in [6, 6.07) is 14.8. The summed E-state index contributed by atoms with van der Waals surface area (Å²) in [4.78, 5) is 2.75. The molecule has 226 valence electrons. The Kier molecular flexibility index (Phi) is 12.0. The first-order chi connectivity index (χ1) is 20.4. The molecule has 0 spiro atoms. The summed E-state index contributed by atoms with van der Waals surface area (Å²) in [5.41, 5.74) is 3.39.